The molecule has 0 aromatic carbocycles. The summed E-state index contributed by atoms with van der Waals surface area (Å²) in [5.41, 5.74) is 2.37. The molecular weight excluding hydrogens is 272 g/mol. The van der Waals surface area contributed by atoms with Crippen LogP contribution in [0.5, 0.6) is 0 Å². The van der Waals surface area contributed by atoms with Gasteiger partial charge in [-0.3, -0.25) is 0 Å². The van der Waals surface area contributed by atoms with Crippen LogP contribution in [-0.2, 0) is 6.42 Å². The highest BCUT2D eigenvalue weighted by atomic mass is 32.1. The summed E-state index contributed by atoms with van der Waals surface area (Å²) in [5.74, 6) is -0.323. The third kappa shape index (κ3) is 1.98. The number of thiophene rings is 1. The van der Waals surface area contributed by atoms with Crippen molar-refractivity contribution >= 4 is 23.1 Å². The van der Waals surface area contributed by atoms with Gasteiger partial charge < -0.3 is 10.0 Å². The second-order valence-corrected chi connectivity index (χ2v) is 6.05. The van der Waals surface area contributed by atoms with Gasteiger partial charge in [0.25, 0.3) is 0 Å². The molecule has 3 rings (SSSR count). The molecular formula is C15H16N2O2S. The molecule has 3 heterocycles. The van der Waals surface area contributed by atoms with Crippen LogP contribution >= 0.6 is 11.3 Å². The molecule has 104 valence electrons. The minimum atomic E-state index is -0.908. The molecule has 0 spiro atoms. The molecule has 0 aliphatic carbocycles. The zero-order chi connectivity index (χ0) is 14.3. The first kappa shape index (κ1) is 13.1. The molecule has 1 aliphatic heterocycles. The maximum Gasteiger partial charge on any atom is 0.339 e. The fourth-order valence-corrected chi connectivity index (χ4v) is 3.79. The normalized spacial score (nSPS) is 17.9. The molecule has 0 fully saturated rings. The summed E-state index contributed by atoms with van der Waals surface area (Å²) in [4.78, 5) is 19.4. The summed E-state index contributed by atoms with van der Waals surface area (Å²) in [6, 6.07) is 4.04. The molecule has 0 saturated heterocycles. The van der Waals surface area contributed by atoms with E-state index in [0.29, 0.717) is 11.4 Å². The molecule has 20 heavy (non-hydrogen) atoms. The average molecular weight is 288 g/mol. The van der Waals surface area contributed by atoms with E-state index < -0.39 is 5.97 Å². The molecule has 2 aromatic rings. The number of pyridine rings is 1. The molecule has 2 aromatic heterocycles. The largest absolute Gasteiger partial charge is 0.478 e. The molecule has 0 amide bonds. The Morgan fingerprint density at radius 3 is 3.05 bits per heavy atom. The van der Waals surface area contributed by atoms with Gasteiger partial charge in [0.2, 0.25) is 0 Å². The van der Waals surface area contributed by atoms with Crippen LogP contribution in [0.3, 0.4) is 0 Å². The van der Waals surface area contributed by atoms with Crippen LogP contribution in [-0.4, -0.2) is 22.6 Å². The quantitative estimate of drug-likeness (QED) is 0.921. The molecule has 1 unspecified atom stereocenters. The Hall–Kier alpha value is -1.88. The first-order valence-corrected chi connectivity index (χ1v) is 7.49. The third-order valence-corrected chi connectivity index (χ3v) is 4.90. The number of rotatable bonds is 2. The lowest BCUT2D eigenvalue weighted by Crippen LogP contribution is -2.35. The van der Waals surface area contributed by atoms with Crippen LogP contribution in [0.15, 0.2) is 23.7 Å². The van der Waals surface area contributed by atoms with Crippen LogP contribution in [0.4, 0.5) is 5.82 Å². The van der Waals surface area contributed by atoms with Gasteiger partial charge in [-0.2, -0.15) is 0 Å². The fourth-order valence-electron chi connectivity index (χ4n) is 2.82. The van der Waals surface area contributed by atoms with Crippen molar-refractivity contribution in [2.24, 2.45) is 0 Å². The van der Waals surface area contributed by atoms with E-state index in [1.165, 1.54) is 10.4 Å². The summed E-state index contributed by atoms with van der Waals surface area (Å²) in [6.07, 6.45) is 2.64. The van der Waals surface area contributed by atoms with Gasteiger partial charge in [-0.25, -0.2) is 9.78 Å². The lowest BCUT2D eigenvalue weighted by atomic mass is 10.00. The molecule has 4 nitrogen and oxygen atoms in total. The van der Waals surface area contributed by atoms with Crippen molar-refractivity contribution in [3.05, 3.63) is 45.3 Å². The topological polar surface area (TPSA) is 53.4 Å². The third-order valence-electron chi connectivity index (χ3n) is 3.90. The van der Waals surface area contributed by atoms with Gasteiger partial charge in [0.05, 0.1) is 6.04 Å². The van der Waals surface area contributed by atoms with Gasteiger partial charge in [0.15, 0.2) is 0 Å². The molecule has 1 N–H and O–H groups in total. The first-order chi connectivity index (χ1) is 9.59. The van der Waals surface area contributed by atoms with Crippen molar-refractivity contribution in [1.82, 2.24) is 4.98 Å². The predicted octanol–water partition coefficient (Wildman–Crippen LogP) is 3.27. The lowest BCUT2D eigenvalue weighted by molar-refractivity contribution is 0.0696. The van der Waals surface area contributed by atoms with Crippen LogP contribution in [0, 0.1) is 6.92 Å². The predicted molar refractivity (Wildman–Crippen MR) is 79.7 cm³/mol. The first-order valence-electron chi connectivity index (χ1n) is 6.61. The second-order valence-electron chi connectivity index (χ2n) is 5.05. The van der Waals surface area contributed by atoms with Gasteiger partial charge in [-0.1, -0.05) is 0 Å². The van der Waals surface area contributed by atoms with Crippen molar-refractivity contribution in [2.75, 3.05) is 11.4 Å². The summed E-state index contributed by atoms with van der Waals surface area (Å²) in [5, 5.41) is 11.6. The van der Waals surface area contributed by atoms with Gasteiger partial charge in [-0.05, 0) is 48.9 Å². The van der Waals surface area contributed by atoms with Gasteiger partial charge in [-0.15, -0.1) is 11.3 Å². The van der Waals surface area contributed by atoms with E-state index in [-0.39, 0.29) is 6.04 Å². The minimum absolute atomic E-state index is 0.164. The van der Waals surface area contributed by atoms with Crippen LogP contribution in [0.2, 0.25) is 0 Å². The van der Waals surface area contributed by atoms with Crippen molar-refractivity contribution in [3.8, 4) is 0 Å². The Labute approximate surface area is 121 Å². The summed E-state index contributed by atoms with van der Waals surface area (Å²) >= 11 is 1.78. The number of anilines is 1. The Morgan fingerprint density at radius 1 is 1.50 bits per heavy atom. The highest BCUT2D eigenvalue weighted by Crippen LogP contribution is 2.36. The maximum atomic E-state index is 11.5. The number of hydrogen-bond acceptors (Lipinski definition) is 4. The highest BCUT2D eigenvalue weighted by molar-refractivity contribution is 7.10. The van der Waals surface area contributed by atoms with E-state index in [0.717, 1.165) is 18.5 Å². The van der Waals surface area contributed by atoms with Crippen LogP contribution in [0.25, 0.3) is 0 Å². The minimum Gasteiger partial charge on any atom is -0.478 e. The number of aromatic nitrogens is 1. The van der Waals surface area contributed by atoms with E-state index in [2.05, 4.69) is 28.3 Å². The zero-order valence-electron chi connectivity index (χ0n) is 11.5. The Bertz CT molecular complexity index is 666. The maximum absolute atomic E-state index is 11.5. The summed E-state index contributed by atoms with van der Waals surface area (Å²) in [6.45, 7) is 4.74. The Morgan fingerprint density at radius 2 is 2.30 bits per heavy atom. The molecule has 0 bridgehead atoms. The smallest absolute Gasteiger partial charge is 0.339 e. The highest BCUT2D eigenvalue weighted by Gasteiger charge is 2.29. The SMILES string of the molecule is Cc1ccnc(N2CCc3sccc3C2C)c1C(=O)O. The van der Waals surface area contributed by atoms with E-state index in [9.17, 15) is 9.90 Å². The number of fused-ring (bicyclic) bond motifs is 1. The molecule has 0 saturated carbocycles. The van der Waals surface area contributed by atoms with Crippen molar-refractivity contribution in [2.45, 2.75) is 26.3 Å². The number of carboxylic acid groups (broad SMARTS) is 1. The van der Waals surface area contributed by atoms with Crippen molar-refractivity contribution in [3.63, 3.8) is 0 Å². The monoisotopic (exact) mass is 288 g/mol. The number of hydrogen-bond donors (Lipinski definition) is 1. The number of carboxylic acids is 1. The molecule has 5 heteroatoms. The van der Waals surface area contributed by atoms with Gasteiger partial charge in [0, 0.05) is 17.6 Å². The summed E-state index contributed by atoms with van der Waals surface area (Å²) < 4.78 is 0. The second kappa shape index (κ2) is 4.90. The number of nitrogens with zero attached hydrogens (tertiary/aromatic N) is 2. The number of aromatic carboxylic acids is 1. The van der Waals surface area contributed by atoms with E-state index >= 15 is 0 Å². The molecule has 1 atom stereocenters. The van der Waals surface area contributed by atoms with Gasteiger partial charge in [0.1, 0.15) is 11.4 Å². The van der Waals surface area contributed by atoms with E-state index in [1.807, 2.05) is 6.92 Å². The number of carbonyl (C=O) groups is 1. The number of aryl methyl sites for hydroxylation is 1. The van der Waals surface area contributed by atoms with Crippen LogP contribution < -0.4 is 4.90 Å². The van der Waals surface area contributed by atoms with Gasteiger partial charge >= 0.3 is 5.97 Å². The lowest BCUT2D eigenvalue weighted by Gasteiger charge is -2.35. The standard InChI is InChI=1S/C15H16N2O2S/c1-9-3-6-16-14(13(9)15(18)19)17-7-4-12-11(10(17)2)5-8-20-12/h3,5-6,8,10H,4,7H2,1-2H3,(H,18,19). The molecule has 0 radical (unpaired) electrons. The fraction of sp³-hybridized carbons (Fsp3) is 0.333. The van der Waals surface area contributed by atoms with Crippen LogP contribution in [0.1, 0.15) is 39.3 Å². The zero-order valence-corrected chi connectivity index (χ0v) is 12.3. The Balaban J connectivity index is 2.07. The van der Waals surface area contributed by atoms with Crippen molar-refractivity contribution < 1.29 is 9.90 Å². The Kier molecular flexibility index (Phi) is 3.22. The van der Waals surface area contributed by atoms with Crippen molar-refractivity contribution in [1.29, 1.82) is 0 Å². The summed E-state index contributed by atoms with van der Waals surface area (Å²) in [7, 11) is 0. The van der Waals surface area contributed by atoms with E-state index in [4.69, 9.17) is 0 Å². The molecule has 1 aliphatic rings. The average Bonchev–Trinajstić information content (AvgIpc) is 2.87. The van der Waals surface area contributed by atoms with E-state index in [1.54, 1.807) is 23.6 Å².